The smallest absolute Gasteiger partial charge is 0.255 e. The lowest BCUT2D eigenvalue weighted by molar-refractivity contribution is 0.0965. The maximum absolute atomic E-state index is 10.9. The van der Waals surface area contributed by atoms with Gasteiger partial charge in [-0.15, -0.1) is 0 Å². The molecule has 0 fully saturated rings. The van der Waals surface area contributed by atoms with Gasteiger partial charge in [-0.3, -0.25) is 4.79 Å². The maximum atomic E-state index is 10.9. The molecule has 0 aliphatic heterocycles. The van der Waals surface area contributed by atoms with Gasteiger partial charge in [0.25, 0.3) is 5.91 Å². The highest BCUT2D eigenvalue weighted by Crippen LogP contribution is 2.27. The summed E-state index contributed by atoms with van der Waals surface area (Å²) in [5.41, 5.74) is 0.00463. The third-order valence-electron chi connectivity index (χ3n) is 1.42. The zero-order valence-electron chi connectivity index (χ0n) is 6.24. The van der Waals surface area contributed by atoms with Gasteiger partial charge in [0.1, 0.15) is 0 Å². The van der Waals surface area contributed by atoms with Gasteiger partial charge < -0.3 is 15.5 Å². The predicted octanol–water partition coefficient (Wildman–Crippen LogP) is 0.619. The van der Waals surface area contributed by atoms with E-state index in [1.54, 1.807) is 0 Å². The van der Waals surface area contributed by atoms with Crippen LogP contribution in [-0.2, 0) is 0 Å². The Hall–Kier alpha value is -1.71. The number of carbonyl (C=O) groups is 1. The highest BCUT2D eigenvalue weighted by molar-refractivity contribution is 5.97. The SMILES string of the molecule is [CH2]NC(=O)c1cccc(O)c1O. The maximum Gasteiger partial charge on any atom is 0.255 e. The van der Waals surface area contributed by atoms with E-state index in [2.05, 4.69) is 12.4 Å². The zero-order chi connectivity index (χ0) is 9.14. The molecule has 1 aromatic carbocycles. The lowest BCUT2D eigenvalue weighted by Crippen LogP contribution is -2.15. The molecule has 1 amide bonds. The van der Waals surface area contributed by atoms with Gasteiger partial charge in [-0.2, -0.15) is 0 Å². The second-order valence-corrected chi connectivity index (χ2v) is 2.18. The van der Waals surface area contributed by atoms with Crippen molar-refractivity contribution in [1.29, 1.82) is 0 Å². The van der Waals surface area contributed by atoms with E-state index in [9.17, 15) is 4.79 Å². The van der Waals surface area contributed by atoms with Crippen LogP contribution in [0.15, 0.2) is 18.2 Å². The fourth-order valence-corrected chi connectivity index (χ4v) is 0.810. The van der Waals surface area contributed by atoms with Crippen molar-refractivity contribution in [3.05, 3.63) is 30.8 Å². The molecule has 0 aromatic heterocycles. The van der Waals surface area contributed by atoms with E-state index in [4.69, 9.17) is 10.2 Å². The predicted molar refractivity (Wildman–Crippen MR) is 42.6 cm³/mol. The molecule has 1 radical (unpaired) electrons. The van der Waals surface area contributed by atoms with Crippen molar-refractivity contribution in [3.8, 4) is 11.5 Å². The van der Waals surface area contributed by atoms with E-state index in [1.807, 2.05) is 0 Å². The van der Waals surface area contributed by atoms with Gasteiger partial charge >= 0.3 is 0 Å². The Kier molecular flexibility index (Phi) is 2.19. The van der Waals surface area contributed by atoms with Crippen LogP contribution in [0.4, 0.5) is 0 Å². The number of amides is 1. The third-order valence-corrected chi connectivity index (χ3v) is 1.42. The standard InChI is InChI=1S/C8H8NO3/c1-9-8(12)5-3-2-4-6(10)7(5)11/h2-4,10-11H,1H2,(H,9,12). The van der Waals surface area contributed by atoms with Gasteiger partial charge in [0.2, 0.25) is 0 Å². The first kappa shape index (κ1) is 8.39. The molecular weight excluding hydrogens is 158 g/mol. The molecule has 3 N–H and O–H groups in total. The van der Waals surface area contributed by atoms with Gasteiger partial charge in [0.05, 0.1) is 5.56 Å². The van der Waals surface area contributed by atoms with Crippen molar-refractivity contribution in [2.45, 2.75) is 0 Å². The van der Waals surface area contributed by atoms with Crippen molar-refractivity contribution in [2.24, 2.45) is 0 Å². The molecule has 4 nitrogen and oxygen atoms in total. The molecule has 1 rings (SSSR count). The van der Waals surface area contributed by atoms with Gasteiger partial charge in [0, 0.05) is 7.05 Å². The molecule has 63 valence electrons. The minimum Gasteiger partial charge on any atom is -0.504 e. The first-order valence-corrected chi connectivity index (χ1v) is 3.25. The van der Waals surface area contributed by atoms with Crippen LogP contribution in [-0.4, -0.2) is 16.1 Å². The van der Waals surface area contributed by atoms with Crippen LogP contribution in [0.3, 0.4) is 0 Å². The second kappa shape index (κ2) is 3.13. The van der Waals surface area contributed by atoms with Crippen molar-refractivity contribution in [2.75, 3.05) is 0 Å². The zero-order valence-corrected chi connectivity index (χ0v) is 6.24. The Bertz CT molecular complexity index is 309. The van der Waals surface area contributed by atoms with Gasteiger partial charge in [-0.05, 0) is 12.1 Å². The molecule has 0 saturated carbocycles. The first-order chi connectivity index (χ1) is 5.66. The third kappa shape index (κ3) is 1.32. The lowest BCUT2D eigenvalue weighted by atomic mass is 10.2. The highest BCUT2D eigenvalue weighted by Gasteiger charge is 2.11. The Balaban J connectivity index is 3.16. The lowest BCUT2D eigenvalue weighted by Gasteiger charge is -2.03. The summed E-state index contributed by atoms with van der Waals surface area (Å²) in [6.07, 6.45) is 0. The van der Waals surface area contributed by atoms with E-state index < -0.39 is 11.7 Å². The number of para-hydroxylation sites is 1. The average Bonchev–Trinajstić information content (AvgIpc) is 2.08. The summed E-state index contributed by atoms with van der Waals surface area (Å²) in [7, 11) is 3.14. The van der Waals surface area contributed by atoms with Crippen LogP contribution in [0.2, 0.25) is 0 Å². The topological polar surface area (TPSA) is 69.6 Å². The molecule has 4 heteroatoms. The fourth-order valence-electron chi connectivity index (χ4n) is 0.810. The van der Waals surface area contributed by atoms with Crippen molar-refractivity contribution < 1.29 is 15.0 Å². The van der Waals surface area contributed by atoms with Crippen LogP contribution in [0.25, 0.3) is 0 Å². The minimum atomic E-state index is -0.539. The van der Waals surface area contributed by atoms with Gasteiger partial charge in [-0.1, -0.05) is 6.07 Å². The largest absolute Gasteiger partial charge is 0.504 e. The second-order valence-electron chi connectivity index (χ2n) is 2.18. The van der Waals surface area contributed by atoms with E-state index in [-0.39, 0.29) is 11.3 Å². The van der Waals surface area contributed by atoms with E-state index in [0.29, 0.717) is 0 Å². The Labute approximate surface area is 69.5 Å². The molecule has 0 saturated heterocycles. The molecule has 0 spiro atoms. The van der Waals surface area contributed by atoms with Crippen LogP contribution in [0.5, 0.6) is 11.5 Å². The summed E-state index contributed by atoms with van der Waals surface area (Å²) in [6, 6.07) is 4.13. The molecule has 0 aliphatic carbocycles. The van der Waals surface area contributed by atoms with Crippen molar-refractivity contribution >= 4 is 5.91 Å². The molecule has 0 heterocycles. The van der Waals surface area contributed by atoms with E-state index >= 15 is 0 Å². The number of hydrogen-bond acceptors (Lipinski definition) is 3. The highest BCUT2D eigenvalue weighted by atomic mass is 16.3. The summed E-state index contributed by atoms with van der Waals surface area (Å²) in [4.78, 5) is 10.9. The molecular formula is C8H8NO3. The summed E-state index contributed by atoms with van der Waals surface area (Å²) < 4.78 is 0. The number of hydrogen-bond donors (Lipinski definition) is 3. The average molecular weight is 166 g/mol. The molecule has 0 atom stereocenters. The van der Waals surface area contributed by atoms with Crippen molar-refractivity contribution in [1.82, 2.24) is 5.32 Å². The van der Waals surface area contributed by atoms with Crippen molar-refractivity contribution in [3.63, 3.8) is 0 Å². The summed E-state index contributed by atoms with van der Waals surface area (Å²) in [6.45, 7) is 0. The normalized spacial score (nSPS) is 9.42. The van der Waals surface area contributed by atoms with Crippen LogP contribution >= 0.6 is 0 Å². The summed E-state index contributed by atoms with van der Waals surface area (Å²) in [5, 5.41) is 20.2. The molecule has 12 heavy (non-hydrogen) atoms. The number of nitrogens with one attached hydrogen (secondary N) is 1. The summed E-state index contributed by atoms with van der Waals surface area (Å²) in [5.74, 6) is -1.29. The number of phenolic OH excluding ortho intramolecular Hbond substituents is 2. The number of carbonyl (C=O) groups excluding carboxylic acids is 1. The molecule has 0 bridgehead atoms. The van der Waals surface area contributed by atoms with Crippen LogP contribution < -0.4 is 5.32 Å². The van der Waals surface area contributed by atoms with Gasteiger partial charge in [-0.25, -0.2) is 0 Å². The van der Waals surface area contributed by atoms with E-state index in [1.165, 1.54) is 18.2 Å². The van der Waals surface area contributed by atoms with Crippen LogP contribution in [0.1, 0.15) is 10.4 Å². The Morgan fingerprint density at radius 3 is 2.67 bits per heavy atom. The molecule has 1 aromatic rings. The van der Waals surface area contributed by atoms with E-state index in [0.717, 1.165) is 0 Å². The molecule has 0 unspecified atom stereocenters. The first-order valence-electron chi connectivity index (χ1n) is 3.25. The monoisotopic (exact) mass is 166 g/mol. The summed E-state index contributed by atoms with van der Waals surface area (Å²) >= 11 is 0. The fraction of sp³-hybridized carbons (Fsp3) is 0. The minimum absolute atomic E-state index is 0.00463. The number of benzene rings is 1. The number of phenols is 2. The van der Waals surface area contributed by atoms with Crippen LogP contribution in [0, 0.1) is 7.05 Å². The number of rotatable bonds is 1. The quantitative estimate of drug-likeness (QED) is 0.535. The molecule has 0 aliphatic rings. The Morgan fingerprint density at radius 2 is 2.08 bits per heavy atom. The Morgan fingerprint density at radius 1 is 1.42 bits per heavy atom. The van der Waals surface area contributed by atoms with Gasteiger partial charge in [0.15, 0.2) is 11.5 Å². The number of aromatic hydroxyl groups is 2.